The first-order valence-electron chi connectivity index (χ1n) is 6.36. The number of nitrogens with zero attached hydrogens (tertiary/aromatic N) is 2. The lowest BCUT2D eigenvalue weighted by Crippen LogP contribution is -2.39. The largest absolute Gasteiger partial charge is 0.388 e. The lowest BCUT2D eigenvalue weighted by molar-refractivity contribution is 0.0519. The van der Waals surface area contributed by atoms with Gasteiger partial charge >= 0.3 is 0 Å². The van der Waals surface area contributed by atoms with Crippen LogP contribution in [0.5, 0.6) is 0 Å². The van der Waals surface area contributed by atoms with Crippen LogP contribution in [0, 0.1) is 0 Å². The lowest BCUT2D eigenvalue weighted by atomic mass is 10.0. The molecule has 0 aromatic carbocycles. The molecule has 3 heterocycles. The number of hydrogen-bond acceptors (Lipinski definition) is 5. The SMILES string of the molecule is CCC(C)(O)CNC(=O)c1cc2c(nc3sccn32)s1. The van der Waals surface area contributed by atoms with Gasteiger partial charge in [-0.25, -0.2) is 4.98 Å². The molecule has 1 unspecified atom stereocenters. The van der Waals surface area contributed by atoms with Gasteiger partial charge < -0.3 is 10.4 Å². The van der Waals surface area contributed by atoms with Gasteiger partial charge in [-0.15, -0.1) is 22.7 Å². The van der Waals surface area contributed by atoms with Crippen molar-refractivity contribution in [2.45, 2.75) is 25.9 Å². The molecule has 5 nitrogen and oxygen atoms in total. The highest BCUT2D eigenvalue weighted by Gasteiger charge is 2.20. The summed E-state index contributed by atoms with van der Waals surface area (Å²) in [5, 5.41) is 14.6. The van der Waals surface area contributed by atoms with Crippen molar-refractivity contribution < 1.29 is 9.90 Å². The van der Waals surface area contributed by atoms with Crippen LogP contribution < -0.4 is 5.32 Å². The maximum Gasteiger partial charge on any atom is 0.261 e. The Balaban J connectivity index is 1.82. The molecule has 7 heteroatoms. The normalized spacial score (nSPS) is 14.8. The number of carbonyl (C=O) groups is 1. The van der Waals surface area contributed by atoms with Gasteiger partial charge in [-0.3, -0.25) is 9.20 Å². The number of imidazole rings is 1. The quantitative estimate of drug-likeness (QED) is 0.778. The van der Waals surface area contributed by atoms with Crippen LogP contribution in [0.1, 0.15) is 29.9 Å². The van der Waals surface area contributed by atoms with E-state index in [1.165, 1.54) is 11.3 Å². The number of carbonyl (C=O) groups excluding carboxylic acids is 1. The molecule has 3 aromatic rings. The average molecular weight is 309 g/mol. The third-order valence-electron chi connectivity index (χ3n) is 3.35. The van der Waals surface area contributed by atoms with E-state index in [4.69, 9.17) is 0 Å². The molecule has 3 aromatic heterocycles. The minimum Gasteiger partial charge on any atom is -0.388 e. The minimum absolute atomic E-state index is 0.161. The Morgan fingerprint density at radius 1 is 1.60 bits per heavy atom. The monoisotopic (exact) mass is 309 g/mol. The molecule has 0 aliphatic carbocycles. The highest BCUT2D eigenvalue weighted by molar-refractivity contribution is 7.21. The summed E-state index contributed by atoms with van der Waals surface area (Å²) in [5.41, 5.74) is 0.0913. The molecule has 0 aliphatic heterocycles. The number of fused-ring (bicyclic) bond motifs is 3. The van der Waals surface area contributed by atoms with Gasteiger partial charge in [0.15, 0.2) is 4.96 Å². The number of amides is 1. The lowest BCUT2D eigenvalue weighted by Gasteiger charge is -2.21. The second kappa shape index (κ2) is 4.83. The number of thiophene rings is 1. The Kier molecular flexibility index (Phi) is 3.27. The van der Waals surface area contributed by atoms with Gasteiger partial charge in [-0.2, -0.15) is 0 Å². The summed E-state index contributed by atoms with van der Waals surface area (Å²) in [5.74, 6) is -0.161. The van der Waals surface area contributed by atoms with Crippen molar-refractivity contribution in [1.82, 2.24) is 14.7 Å². The number of hydrogen-bond donors (Lipinski definition) is 2. The second-order valence-corrected chi connectivity index (χ2v) is 6.91. The van der Waals surface area contributed by atoms with Crippen molar-refractivity contribution in [1.29, 1.82) is 0 Å². The molecular formula is C13H15N3O2S2. The molecule has 3 rings (SSSR count). The van der Waals surface area contributed by atoms with E-state index in [9.17, 15) is 9.90 Å². The Hall–Kier alpha value is -1.44. The molecule has 1 atom stereocenters. The molecule has 0 fully saturated rings. The van der Waals surface area contributed by atoms with E-state index in [1.54, 1.807) is 18.3 Å². The Morgan fingerprint density at radius 3 is 3.15 bits per heavy atom. The van der Waals surface area contributed by atoms with Crippen LogP contribution in [0.15, 0.2) is 17.6 Å². The van der Waals surface area contributed by atoms with Crippen LogP contribution in [0.2, 0.25) is 0 Å². The maximum atomic E-state index is 12.1. The number of thiazole rings is 1. The van der Waals surface area contributed by atoms with Gasteiger partial charge in [0.05, 0.1) is 16.0 Å². The number of rotatable bonds is 4. The van der Waals surface area contributed by atoms with E-state index in [0.29, 0.717) is 11.3 Å². The molecule has 2 N–H and O–H groups in total. The molecule has 0 saturated heterocycles. The smallest absolute Gasteiger partial charge is 0.261 e. The van der Waals surface area contributed by atoms with Gasteiger partial charge in [0.25, 0.3) is 5.91 Å². The van der Waals surface area contributed by atoms with Crippen molar-refractivity contribution in [3.8, 4) is 0 Å². The van der Waals surface area contributed by atoms with E-state index < -0.39 is 5.60 Å². The first-order chi connectivity index (χ1) is 9.50. The predicted molar refractivity (Wildman–Crippen MR) is 81.7 cm³/mol. The fourth-order valence-corrected chi connectivity index (χ4v) is 3.56. The molecule has 0 radical (unpaired) electrons. The van der Waals surface area contributed by atoms with Crippen LogP contribution in [0.4, 0.5) is 0 Å². The van der Waals surface area contributed by atoms with Crippen LogP contribution in [0.3, 0.4) is 0 Å². The molecule has 0 bridgehead atoms. The van der Waals surface area contributed by atoms with Crippen molar-refractivity contribution in [3.05, 3.63) is 22.5 Å². The number of nitrogens with one attached hydrogen (secondary N) is 1. The first kappa shape index (κ1) is 13.5. The molecule has 1 amide bonds. The molecule has 0 saturated carbocycles. The van der Waals surface area contributed by atoms with Crippen LogP contribution in [-0.2, 0) is 0 Å². The third-order valence-corrected chi connectivity index (χ3v) is 5.13. The first-order valence-corrected chi connectivity index (χ1v) is 8.05. The molecular weight excluding hydrogens is 294 g/mol. The average Bonchev–Trinajstić information content (AvgIpc) is 3.06. The zero-order valence-electron chi connectivity index (χ0n) is 11.2. The topological polar surface area (TPSA) is 66.6 Å². The summed E-state index contributed by atoms with van der Waals surface area (Å²) in [6.07, 6.45) is 2.54. The van der Waals surface area contributed by atoms with Gasteiger partial charge in [0, 0.05) is 18.1 Å². The molecule has 20 heavy (non-hydrogen) atoms. The summed E-state index contributed by atoms with van der Waals surface area (Å²) < 4.78 is 1.98. The number of aromatic nitrogens is 2. The standard InChI is InChI=1S/C13H15N3O2S2/c1-3-13(2,18)7-14-10(17)9-6-8-11(20-9)15-12-16(8)4-5-19-12/h4-6,18H,3,7H2,1-2H3,(H,14,17). The Labute approximate surface area is 123 Å². The van der Waals surface area contributed by atoms with E-state index in [2.05, 4.69) is 10.3 Å². The van der Waals surface area contributed by atoms with Crippen LogP contribution in [-0.4, -0.2) is 32.5 Å². The van der Waals surface area contributed by atoms with Crippen molar-refractivity contribution in [3.63, 3.8) is 0 Å². The highest BCUT2D eigenvalue weighted by atomic mass is 32.1. The third kappa shape index (κ3) is 2.32. The van der Waals surface area contributed by atoms with Gasteiger partial charge in [-0.05, 0) is 19.4 Å². The number of aliphatic hydroxyl groups is 1. The summed E-state index contributed by atoms with van der Waals surface area (Å²) >= 11 is 2.95. The molecule has 0 aliphatic rings. The summed E-state index contributed by atoms with van der Waals surface area (Å²) in [6, 6.07) is 1.85. The summed E-state index contributed by atoms with van der Waals surface area (Å²) in [6.45, 7) is 3.85. The second-order valence-electron chi connectivity index (χ2n) is 5.00. The van der Waals surface area contributed by atoms with Gasteiger partial charge in [0.1, 0.15) is 4.83 Å². The fourth-order valence-electron chi connectivity index (χ4n) is 1.84. The maximum absolute atomic E-state index is 12.1. The van der Waals surface area contributed by atoms with E-state index in [0.717, 1.165) is 15.3 Å². The minimum atomic E-state index is -0.866. The summed E-state index contributed by atoms with van der Waals surface area (Å²) in [4.78, 5) is 19.0. The zero-order chi connectivity index (χ0) is 14.3. The molecule has 106 valence electrons. The van der Waals surface area contributed by atoms with E-state index in [-0.39, 0.29) is 12.5 Å². The van der Waals surface area contributed by atoms with Crippen molar-refractivity contribution >= 4 is 43.9 Å². The van der Waals surface area contributed by atoms with E-state index in [1.807, 2.05) is 29.0 Å². The van der Waals surface area contributed by atoms with E-state index >= 15 is 0 Å². The highest BCUT2D eigenvalue weighted by Crippen LogP contribution is 2.28. The zero-order valence-corrected chi connectivity index (χ0v) is 12.8. The summed E-state index contributed by atoms with van der Waals surface area (Å²) in [7, 11) is 0. The Bertz CT molecular complexity index is 769. The Morgan fingerprint density at radius 2 is 2.40 bits per heavy atom. The predicted octanol–water partition coefficient (Wildman–Crippen LogP) is 2.50. The van der Waals surface area contributed by atoms with Crippen LogP contribution in [0.25, 0.3) is 15.3 Å². The molecule has 0 spiro atoms. The van der Waals surface area contributed by atoms with Crippen molar-refractivity contribution in [2.24, 2.45) is 0 Å². The van der Waals surface area contributed by atoms with Gasteiger partial charge in [0.2, 0.25) is 0 Å². The van der Waals surface area contributed by atoms with Crippen LogP contribution >= 0.6 is 22.7 Å². The fraction of sp³-hybridized carbons (Fsp3) is 0.385. The van der Waals surface area contributed by atoms with Crippen molar-refractivity contribution in [2.75, 3.05) is 6.54 Å². The van der Waals surface area contributed by atoms with Gasteiger partial charge in [-0.1, -0.05) is 6.92 Å².